The van der Waals surface area contributed by atoms with Gasteiger partial charge in [0, 0.05) is 11.6 Å². The molecule has 120 valence electrons. The van der Waals surface area contributed by atoms with Crippen LogP contribution < -0.4 is 14.6 Å². The van der Waals surface area contributed by atoms with Crippen molar-refractivity contribution >= 4 is 43.2 Å². The van der Waals surface area contributed by atoms with E-state index in [4.69, 9.17) is 9.31 Å². The first-order valence-corrected chi connectivity index (χ1v) is 8.97. The number of hydrogen-bond donors (Lipinski definition) is 0. The Morgan fingerprint density at radius 1 is 0.800 bits per heavy atom. The molecule has 0 aliphatic carbocycles. The molecule has 25 heavy (non-hydrogen) atoms. The van der Waals surface area contributed by atoms with Crippen LogP contribution in [0.5, 0.6) is 11.5 Å². The van der Waals surface area contributed by atoms with Crippen molar-refractivity contribution in [2.45, 2.75) is 6.32 Å². The van der Waals surface area contributed by atoms with Gasteiger partial charge < -0.3 is 9.31 Å². The Morgan fingerprint density at radius 2 is 1.40 bits per heavy atom. The maximum Gasteiger partial charge on any atom is 0.599 e. The fourth-order valence-corrected chi connectivity index (χ4v) is 3.78. The van der Waals surface area contributed by atoms with Gasteiger partial charge in [-0.15, -0.1) is 9.24 Å². The van der Waals surface area contributed by atoms with Crippen molar-refractivity contribution < 1.29 is 9.31 Å². The minimum atomic E-state index is -0.285. The molecule has 1 unspecified atom stereocenters. The van der Waals surface area contributed by atoms with Crippen LogP contribution in [0.15, 0.2) is 72.8 Å². The fourth-order valence-electron chi connectivity index (χ4n) is 3.45. The molecule has 1 aliphatic heterocycles. The fraction of sp³-hybridized carbons (Fsp3) is 0.0476. The van der Waals surface area contributed by atoms with Gasteiger partial charge in [0.1, 0.15) is 11.5 Å². The molecule has 2 nitrogen and oxygen atoms in total. The van der Waals surface area contributed by atoms with Gasteiger partial charge in [0.25, 0.3) is 0 Å². The Kier molecular flexibility index (Phi) is 3.43. The summed E-state index contributed by atoms with van der Waals surface area (Å²) in [5, 5.41) is 5.86. The van der Waals surface area contributed by atoms with E-state index in [1.165, 1.54) is 27.1 Å². The van der Waals surface area contributed by atoms with E-state index in [-0.39, 0.29) is 7.12 Å². The third kappa shape index (κ3) is 2.65. The average molecular weight is 342 g/mol. The van der Waals surface area contributed by atoms with Crippen molar-refractivity contribution in [3.05, 3.63) is 78.4 Å². The van der Waals surface area contributed by atoms with Crippen LogP contribution in [-0.4, -0.2) is 7.12 Å². The number of hydrogen-bond acceptors (Lipinski definition) is 2. The first kappa shape index (κ1) is 14.8. The molecule has 0 N–H and O–H groups in total. The Balaban J connectivity index is 1.45. The molecular formula is C21H16BO2P. The van der Waals surface area contributed by atoms with E-state index in [1.54, 1.807) is 0 Å². The van der Waals surface area contributed by atoms with E-state index in [0.717, 1.165) is 23.1 Å². The van der Waals surface area contributed by atoms with Gasteiger partial charge in [-0.05, 0) is 51.4 Å². The minimum Gasteiger partial charge on any atom is -0.525 e. The van der Waals surface area contributed by atoms with Crippen LogP contribution >= 0.6 is 9.24 Å². The maximum atomic E-state index is 6.18. The summed E-state index contributed by atoms with van der Waals surface area (Å²) in [5.74, 6) is 1.78. The van der Waals surface area contributed by atoms with Crippen molar-refractivity contribution in [3.63, 3.8) is 0 Å². The molecule has 4 heteroatoms. The highest BCUT2D eigenvalue weighted by atomic mass is 31.0. The van der Waals surface area contributed by atoms with Gasteiger partial charge in [-0.1, -0.05) is 48.5 Å². The van der Waals surface area contributed by atoms with Crippen molar-refractivity contribution in [2.75, 3.05) is 0 Å². The normalized spacial score (nSPS) is 13.1. The first-order valence-electron chi connectivity index (χ1n) is 8.39. The van der Waals surface area contributed by atoms with E-state index in [0.29, 0.717) is 0 Å². The summed E-state index contributed by atoms with van der Waals surface area (Å²) in [6, 6.07) is 25.2. The van der Waals surface area contributed by atoms with Crippen LogP contribution in [-0.2, 0) is 6.32 Å². The zero-order valence-corrected chi connectivity index (χ0v) is 14.8. The number of benzene rings is 4. The van der Waals surface area contributed by atoms with E-state index < -0.39 is 0 Å². The van der Waals surface area contributed by atoms with E-state index in [1.807, 2.05) is 18.2 Å². The molecule has 0 saturated carbocycles. The average Bonchev–Trinajstić information content (AvgIpc) is 3.01. The SMILES string of the molecule is Pc1cc2ccccc2cc1OB1Cc2cc3ccccc3cc2O1. The second-order valence-electron chi connectivity index (χ2n) is 6.41. The van der Waals surface area contributed by atoms with Gasteiger partial charge in [-0.2, -0.15) is 0 Å². The molecule has 0 radical (unpaired) electrons. The van der Waals surface area contributed by atoms with Crippen LogP contribution in [0.4, 0.5) is 0 Å². The largest absolute Gasteiger partial charge is 0.599 e. The Labute approximate surface area is 149 Å². The minimum absolute atomic E-state index is 0.285. The summed E-state index contributed by atoms with van der Waals surface area (Å²) in [5.41, 5.74) is 1.20. The Bertz CT molecular complexity index is 1060. The van der Waals surface area contributed by atoms with E-state index in [2.05, 4.69) is 63.8 Å². The summed E-state index contributed by atoms with van der Waals surface area (Å²) < 4.78 is 12.2. The lowest BCUT2D eigenvalue weighted by molar-refractivity contribution is 0.441. The van der Waals surface area contributed by atoms with Crippen LogP contribution in [0.2, 0.25) is 0 Å². The Morgan fingerprint density at radius 3 is 2.12 bits per heavy atom. The molecular weight excluding hydrogens is 326 g/mol. The zero-order valence-electron chi connectivity index (χ0n) is 13.6. The van der Waals surface area contributed by atoms with Crippen molar-refractivity contribution in [1.82, 2.24) is 0 Å². The summed E-state index contributed by atoms with van der Waals surface area (Å²) in [6.45, 7) is 0. The second kappa shape index (κ2) is 5.79. The molecule has 1 atom stereocenters. The summed E-state index contributed by atoms with van der Waals surface area (Å²) >= 11 is 0. The van der Waals surface area contributed by atoms with Crippen LogP contribution in [0.1, 0.15) is 5.56 Å². The molecule has 4 aromatic rings. The predicted molar refractivity (Wildman–Crippen MR) is 108 cm³/mol. The number of rotatable bonds is 2. The topological polar surface area (TPSA) is 18.5 Å². The van der Waals surface area contributed by atoms with E-state index >= 15 is 0 Å². The molecule has 0 amide bonds. The third-order valence-corrected chi connectivity index (χ3v) is 5.16. The summed E-state index contributed by atoms with van der Waals surface area (Å²) in [6.07, 6.45) is 0.761. The van der Waals surface area contributed by atoms with Gasteiger partial charge >= 0.3 is 7.12 Å². The molecule has 4 aromatic carbocycles. The smallest absolute Gasteiger partial charge is 0.525 e. The quantitative estimate of drug-likeness (QED) is 0.394. The molecule has 0 bridgehead atoms. The van der Waals surface area contributed by atoms with Crippen LogP contribution in [0.3, 0.4) is 0 Å². The summed E-state index contributed by atoms with van der Waals surface area (Å²) in [4.78, 5) is 0. The first-order chi connectivity index (χ1) is 12.3. The van der Waals surface area contributed by atoms with Crippen molar-refractivity contribution in [1.29, 1.82) is 0 Å². The lowest BCUT2D eigenvalue weighted by atomic mass is 9.83. The molecule has 0 spiro atoms. The van der Waals surface area contributed by atoms with Gasteiger partial charge in [-0.25, -0.2) is 0 Å². The molecule has 0 saturated heterocycles. The van der Waals surface area contributed by atoms with Gasteiger partial charge in [0.05, 0.1) is 0 Å². The maximum absolute atomic E-state index is 6.18. The third-order valence-electron chi connectivity index (χ3n) is 4.71. The van der Waals surface area contributed by atoms with Gasteiger partial charge in [0.2, 0.25) is 0 Å². The second-order valence-corrected chi connectivity index (χ2v) is 7.04. The number of fused-ring (bicyclic) bond motifs is 3. The molecule has 0 fully saturated rings. The molecule has 5 rings (SSSR count). The lowest BCUT2D eigenvalue weighted by Gasteiger charge is -2.13. The molecule has 0 aromatic heterocycles. The lowest BCUT2D eigenvalue weighted by Crippen LogP contribution is -2.29. The molecule has 1 heterocycles. The van der Waals surface area contributed by atoms with Gasteiger partial charge in [0.15, 0.2) is 0 Å². The van der Waals surface area contributed by atoms with Crippen LogP contribution in [0.25, 0.3) is 21.5 Å². The van der Waals surface area contributed by atoms with E-state index in [9.17, 15) is 0 Å². The summed E-state index contributed by atoms with van der Waals surface area (Å²) in [7, 11) is 2.48. The monoisotopic (exact) mass is 342 g/mol. The highest BCUT2D eigenvalue weighted by molar-refractivity contribution is 7.27. The zero-order chi connectivity index (χ0) is 16.8. The highest BCUT2D eigenvalue weighted by Crippen LogP contribution is 2.33. The van der Waals surface area contributed by atoms with Crippen LogP contribution in [0, 0.1) is 0 Å². The Hall–Kier alpha value is -2.51. The highest BCUT2D eigenvalue weighted by Gasteiger charge is 2.33. The molecule has 1 aliphatic rings. The van der Waals surface area contributed by atoms with Gasteiger partial charge in [-0.3, -0.25) is 0 Å². The van der Waals surface area contributed by atoms with Crippen molar-refractivity contribution in [2.24, 2.45) is 0 Å². The standard InChI is InChI=1S/C21H16BO2P/c25-21-12-17-8-4-3-7-16(17)11-20(21)24-22-13-18-9-14-5-1-2-6-15(14)10-19(18)23-22/h1-12H,13,25H2. The van der Waals surface area contributed by atoms with Crippen molar-refractivity contribution in [3.8, 4) is 11.5 Å². The predicted octanol–water partition coefficient (Wildman–Crippen LogP) is 4.53.